The Morgan fingerprint density at radius 1 is 1.53 bits per heavy atom. The highest BCUT2D eigenvalue weighted by atomic mass is 19.1. The van der Waals surface area contributed by atoms with E-state index in [1.807, 2.05) is 0 Å². The maximum absolute atomic E-state index is 13.1. The van der Waals surface area contributed by atoms with Crippen molar-refractivity contribution in [2.45, 2.75) is 0 Å². The van der Waals surface area contributed by atoms with Crippen molar-refractivity contribution in [2.75, 3.05) is 32.0 Å². The molecule has 6 heteroatoms. The van der Waals surface area contributed by atoms with Gasteiger partial charge >= 0.3 is 6.03 Å². The molecule has 1 aliphatic heterocycles. The fraction of sp³-hybridized carbons (Fsp3) is 0.364. The van der Waals surface area contributed by atoms with Crippen LogP contribution in [0.3, 0.4) is 0 Å². The summed E-state index contributed by atoms with van der Waals surface area (Å²) < 4.78 is 18.4. The van der Waals surface area contributed by atoms with Crippen molar-refractivity contribution in [1.29, 1.82) is 0 Å². The molecule has 0 saturated carbocycles. The number of nitrogens with one attached hydrogen (secondary N) is 1. The van der Waals surface area contributed by atoms with Gasteiger partial charge in [-0.2, -0.15) is 0 Å². The molecule has 1 saturated heterocycles. The first-order valence-electron chi connectivity index (χ1n) is 5.37. The van der Waals surface area contributed by atoms with Gasteiger partial charge in [0.1, 0.15) is 18.2 Å². The molecule has 0 aliphatic carbocycles. The van der Waals surface area contributed by atoms with Crippen molar-refractivity contribution in [2.24, 2.45) is 0 Å². The number of hydrogen-bond acceptors (Lipinski definition) is 3. The first kappa shape index (κ1) is 11.5. The van der Waals surface area contributed by atoms with Crippen LogP contribution in [0, 0.1) is 5.82 Å². The Labute approximate surface area is 98.3 Å². The van der Waals surface area contributed by atoms with Crippen LogP contribution in [0.25, 0.3) is 0 Å². The van der Waals surface area contributed by atoms with E-state index in [0.717, 1.165) is 0 Å². The van der Waals surface area contributed by atoms with E-state index in [9.17, 15) is 9.18 Å². The van der Waals surface area contributed by atoms with Crippen molar-refractivity contribution < 1.29 is 13.9 Å². The number of carbonyl (C=O) groups is 1. The minimum atomic E-state index is -0.499. The van der Waals surface area contributed by atoms with E-state index >= 15 is 0 Å². The molecule has 2 rings (SSSR count). The number of anilines is 1. The summed E-state index contributed by atoms with van der Waals surface area (Å²) in [4.78, 5) is 12.8. The van der Waals surface area contributed by atoms with Crippen molar-refractivity contribution >= 4 is 11.7 Å². The van der Waals surface area contributed by atoms with Gasteiger partial charge < -0.3 is 20.7 Å². The van der Waals surface area contributed by atoms with Crippen LogP contribution < -0.4 is 15.8 Å². The molecular formula is C11H14FN3O2. The highest BCUT2D eigenvalue weighted by Gasteiger charge is 2.18. The second-order valence-electron chi connectivity index (χ2n) is 3.75. The molecule has 2 amide bonds. The molecule has 3 N–H and O–H groups in total. The molecule has 5 nitrogen and oxygen atoms in total. The second-order valence-corrected chi connectivity index (χ2v) is 3.75. The SMILES string of the molecule is Nc1ccc(OCCN2CCNC2=O)cc1F. The predicted molar refractivity (Wildman–Crippen MR) is 61.3 cm³/mol. The number of rotatable bonds is 4. The standard InChI is InChI=1S/C11H14FN3O2/c12-9-7-8(1-2-10(9)13)17-6-5-15-4-3-14-11(15)16/h1-2,7H,3-6,13H2,(H,14,16). The monoisotopic (exact) mass is 239 g/mol. The Balaban J connectivity index is 1.81. The van der Waals surface area contributed by atoms with Crippen LogP contribution in [-0.2, 0) is 0 Å². The zero-order valence-electron chi connectivity index (χ0n) is 9.28. The van der Waals surface area contributed by atoms with Gasteiger partial charge in [-0.3, -0.25) is 0 Å². The molecule has 1 heterocycles. The van der Waals surface area contributed by atoms with E-state index < -0.39 is 5.82 Å². The fourth-order valence-corrected chi connectivity index (χ4v) is 1.60. The van der Waals surface area contributed by atoms with Crippen LogP contribution in [0.2, 0.25) is 0 Å². The topological polar surface area (TPSA) is 67.6 Å². The third-order valence-corrected chi connectivity index (χ3v) is 2.55. The van der Waals surface area contributed by atoms with E-state index in [1.165, 1.54) is 12.1 Å². The molecule has 1 aromatic rings. The van der Waals surface area contributed by atoms with Crippen LogP contribution in [0.4, 0.5) is 14.9 Å². The van der Waals surface area contributed by atoms with Crippen LogP contribution in [0.15, 0.2) is 18.2 Å². The molecule has 0 atom stereocenters. The van der Waals surface area contributed by atoms with Gasteiger partial charge in [0.2, 0.25) is 0 Å². The molecule has 1 aliphatic rings. The van der Waals surface area contributed by atoms with Crippen molar-refractivity contribution in [1.82, 2.24) is 10.2 Å². The summed E-state index contributed by atoms with van der Waals surface area (Å²) in [5, 5.41) is 2.69. The summed E-state index contributed by atoms with van der Waals surface area (Å²) in [6.07, 6.45) is 0. The smallest absolute Gasteiger partial charge is 0.317 e. The summed E-state index contributed by atoms with van der Waals surface area (Å²) in [5.74, 6) is -0.0854. The predicted octanol–water partition coefficient (Wildman–Crippen LogP) is 0.812. The summed E-state index contributed by atoms with van der Waals surface area (Å²) in [6, 6.07) is 4.20. The zero-order valence-corrected chi connectivity index (χ0v) is 9.28. The van der Waals surface area contributed by atoms with Gasteiger partial charge in [-0.15, -0.1) is 0 Å². The van der Waals surface area contributed by atoms with Crippen LogP contribution in [-0.4, -0.2) is 37.2 Å². The average molecular weight is 239 g/mol. The molecule has 0 radical (unpaired) electrons. The molecule has 1 fully saturated rings. The number of amides is 2. The summed E-state index contributed by atoms with van der Waals surface area (Å²) in [6.45, 7) is 2.15. The summed E-state index contributed by atoms with van der Waals surface area (Å²) in [5.41, 5.74) is 5.44. The highest BCUT2D eigenvalue weighted by Crippen LogP contribution is 2.17. The lowest BCUT2D eigenvalue weighted by Gasteiger charge is -2.14. The molecule has 0 bridgehead atoms. The Morgan fingerprint density at radius 2 is 2.35 bits per heavy atom. The van der Waals surface area contributed by atoms with Gasteiger partial charge in [0.05, 0.1) is 12.2 Å². The molecule has 1 aromatic carbocycles. The summed E-state index contributed by atoms with van der Waals surface area (Å²) >= 11 is 0. The number of ether oxygens (including phenoxy) is 1. The number of hydrogen-bond donors (Lipinski definition) is 2. The van der Waals surface area contributed by atoms with Gasteiger partial charge in [0, 0.05) is 19.2 Å². The fourth-order valence-electron chi connectivity index (χ4n) is 1.60. The average Bonchev–Trinajstić information content (AvgIpc) is 2.70. The Morgan fingerprint density at radius 3 is 3.00 bits per heavy atom. The van der Waals surface area contributed by atoms with Crippen molar-refractivity contribution in [3.63, 3.8) is 0 Å². The molecule has 0 aromatic heterocycles. The number of carbonyl (C=O) groups excluding carboxylic acids is 1. The molecular weight excluding hydrogens is 225 g/mol. The van der Waals surface area contributed by atoms with Gasteiger partial charge in [-0.05, 0) is 12.1 Å². The first-order valence-corrected chi connectivity index (χ1v) is 5.37. The van der Waals surface area contributed by atoms with E-state index in [-0.39, 0.29) is 11.7 Å². The minimum Gasteiger partial charge on any atom is -0.492 e. The maximum Gasteiger partial charge on any atom is 0.317 e. The molecule has 0 spiro atoms. The van der Waals surface area contributed by atoms with Crippen molar-refractivity contribution in [3.05, 3.63) is 24.0 Å². The lowest BCUT2D eigenvalue weighted by Crippen LogP contribution is -2.31. The minimum absolute atomic E-state index is 0.0860. The van der Waals surface area contributed by atoms with E-state index in [2.05, 4.69) is 5.32 Å². The Kier molecular flexibility index (Phi) is 3.32. The number of nitrogens with two attached hydrogens (primary N) is 1. The molecule has 0 unspecified atom stereocenters. The molecule has 17 heavy (non-hydrogen) atoms. The second kappa shape index (κ2) is 4.90. The number of urea groups is 1. The Bertz CT molecular complexity index is 425. The van der Waals surface area contributed by atoms with E-state index in [4.69, 9.17) is 10.5 Å². The maximum atomic E-state index is 13.1. The quantitative estimate of drug-likeness (QED) is 0.764. The van der Waals surface area contributed by atoms with Crippen LogP contribution >= 0.6 is 0 Å². The van der Waals surface area contributed by atoms with E-state index in [0.29, 0.717) is 32.0 Å². The number of nitrogen functional groups attached to an aromatic ring is 1. The largest absolute Gasteiger partial charge is 0.492 e. The number of benzene rings is 1. The first-order chi connectivity index (χ1) is 8.16. The van der Waals surface area contributed by atoms with E-state index in [1.54, 1.807) is 11.0 Å². The normalized spacial score (nSPS) is 14.9. The Hall–Kier alpha value is -1.98. The zero-order chi connectivity index (χ0) is 12.3. The highest BCUT2D eigenvalue weighted by molar-refractivity contribution is 5.76. The number of halogens is 1. The lowest BCUT2D eigenvalue weighted by molar-refractivity contribution is 0.202. The lowest BCUT2D eigenvalue weighted by atomic mass is 10.3. The van der Waals surface area contributed by atoms with Crippen LogP contribution in [0.1, 0.15) is 0 Å². The number of nitrogens with zero attached hydrogens (tertiary/aromatic N) is 1. The van der Waals surface area contributed by atoms with Crippen LogP contribution in [0.5, 0.6) is 5.75 Å². The summed E-state index contributed by atoms with van der Waals surface area (Å²) in [7, 11) is 0. The van der Waals surface area contributed by atoms with Gasteiger partial charge in [0.25, 0.3) is 0 Å². The molecule has 92 valence electrons. The van der Waals surface area contributed by atoms with Gasteiger partial charge in [-0.1, -0.05) is 0 Å². The van der Waals surface area contributed by atoms with Gasteiger partial charge in [-0.25, -0.2) is 9.18 Å². The van der Waals surface area contributed by atoms with Gasteiger partial charge in [0.15, 0.2) is 0 Å². The third-order valence-electron chi connectivity index (χ3n) is 2.55. The van der Waals surface area contributed by atoms with Crippen molar-refractivity contribution in [3.8, 4) is 5.75 Å². The third kappa shape index (κ3) is 2.77.